The Morgan fingerprint density at radius 2 is 1.35 bits per heavy atom. The number of benzene rings is 2. The molecule has 2 atom stereocenters. The summed E-state index contributed by atoms with van der Waals surface area (Å²) < 4.78 is 11.6. The van der Waals surface area contributed by atoms with E-state index in [9.17, 15) is 0 Å². The zero-order chi connectivity index (χ0) is 11.5. The maximum absolute atomic E-state index is 5.91. The Kier molecular flexibility index (Phi) is 2.90. The van der Waals surface area contributed by atoms with Crippen LogP contribution < -0.4 is 0 Å². The fraction of sp³-hybridized carbons (Fsp3) is 0.200. The highest BCUT2D eigenvalue weighted by Gasteiger charge is 2.27. The summed E-state index contributed by atoms with van der Waals surface area (Å²) in [4.78, 5) is 0. The lowest BCUT2D eigenvalue weighted by atomic mass is 10.1. The zero-order valence-corrected chi connectivity index (χ0v) is 9.45. The van der Waals surface area contributed by atoms with Crippen LogP contribution in [0.5, 0.6) is 0 Å². The van der Waals surface area contributed by atoms with Crippen molar-refractivity contribution in [3.63, 3.8) is 0 Å². The summed E-state index contributed by atoms with van der Waals surface area (Å²) in [7, 11) is 0. The SMILES string of the molecule is c1ccc(C2OC[C@H](c3ccccc3)O2)cc1. The van der Waals surface area contributed by atoms with Gasteiger partial charge in [0.1, 0.15) is 6.10 Å². The third-order valence-corrected chi connectivity index (χ3v) is 2.93. The van der Waals surface area contributed by atoms with Crippen molar-refractivity contribution in [2.75, 3.05) is 6.61 Å². The van der Waals surface area contributed by atoms with Crippen LogP contribution in [0.4, 0.5) is 0 Å². The first kappa shape index (κ1) is 10.5. The van der Waals surface area contributed by atoms with Crippen LogP contribution in [0, 0.1) is 0 Å². The number of hydrogen-bond acceptors (Lipinski definition) is 2. The van der Waals surface area contributed by atoms with Crippen molar-refractivity contribution in [2.24, 2.45) is 0 Å². The third-order valence-electron chi connectivity index (χ3n) is 2.93. The maximum atomic E-state index is 5.91. The van der Waals surface area contributed by atoms with Crippen molar-refractivity contribution in [1.29, 1.82) is 0 Å². The Morgan fingerprint density at radius 1 is 0.765 bits per heavy atom. The molecular formula is C15H14O2. The van der Waals surface area contributed by atoms with Crippen molar-refractivity contribution in [3.05, 3.63) is 71.8 Å². The van der Waals surface area contributed by atoms with Gasteiger partial charge in [0, 0.05) is 5.56 Å². The highest BCUT2D eigenvalue weighted by Crippen LogP contribution is 2.34. The van der Waals surface area contributed by atoms with E-state index in [-0.39, 0.29) is 12.4 Å². The van der Waals surface area contributed by atoms with E-state index in [1.807, 2.05) is 48.5 Å². The fourth-order valence-corrected chi connectivity index (χ4v) is 2.03. The number of ether oxygens (including phenoxy) is 2. The minimum absolute atomic E-state index is 0.0430. The van der Waals surface area contributed by atoms with E-state index in [4.69, 9.17) is 9.47 Å². The number of hydrogen-bond donors (Lipinski definition) is 0. The van der Waals surface area contributed by atoms with Gasteiger partial charge in [-0.1, -0.05) is 60.7 Å². The van der Waals surface area contributed by atoms with Crippen molar-refractivity contribution >= 4 is 0 Å². The van der Waals surface area contributed by atoms with Crippen molar-refractivity contribution in [1.82, 2.24) is 0 Å². The van der Waals surface area contributed by atoms with E-state index in [0.29, 0.717) is 6.61 Å². The van der Waals surface area contributed by atoms with Crippen LogP contribution in [0.2, 0.25) is 0 Å². The van der Waals surface area contributed by atoms with Crippen molar-refractivity contribution in [3.8, 4) is 0 Å². The van der Waals surface area contributed by atoms with E-state index in [2.05, 4.69) is 12.1 Å². The molecule has 1 unspecified atom stereocenters. The van der Waals surface area contributed by atoms with Crippen LogP contribution in [0.1, 0.15) is 23.5 Å². The van der Waals surface area contributed by atoms with Crippen LogP contribution in [0.3, 0.4) is 0 Å². The molecule has 86 valence electrons. The minimum Gasteiger partial charge on any atom is -0.345 e. The van der Waals surface area contributed by atoms with Gasteiger partial charge in [-0.05, 0) is 5.56 Å². The smallest absolute Gasteiger partial charge is 0.184 e. The van der Waals surface area contributed by atoms with Gasteiger partial charge in [-0.15, -0.1) is 0 Å². The first-order chi connectivity index (χ1) is 8.43. The van der Waals surface area contributed by atoms with Gasteiger partial charge in [0.2, 0.25) is 0 Å². The van der Waals surface area contributed by atoms with Gasteiger partial charge in [-0.25, -0.2) is 0 Å². The number of rotatable bonds is 2. The molecule has 0 radical (unpaired) electrons. The van der Waals surface area contributed by atoms with Crippen LogP contribution in [0.15, 0.2) is 60.7 Å². The van der Waals surface area contributed by atoms with E-state index < -0.39 is 0 Å². The quantitative estimate of drug-likeness (QED) is 0.780. The summed E-state index contributed by atoms with van der Waals surface area (Å²) >= 11 is 0. The Morgan fingerprint density at radius 3 is 2.00 bits per heavy atom. The maximum Gasteiger partial charge on any atom is 0.184 e. The minimum atomic E-state index is -0.235. The van der Waals surface area contributed by atoms with Gasteiger partial charge in [0.25, 0.3) is 0 Å². The molecule has 3 rings (SSSR count). The molecule has 1 aliphatic rings. The predicted octanol–water partition coefficient (Wildman–Crippen LogP) is 3.47. The third kappa shape index (κ3) is 2.23. The van der Waals surface area contributed by atoms with Crippen LogP contribution >= 0.6 is 0 Å². The summed E-state index contributed by atoms with van der Waals surface area (Å²) in [6.07, 6.45) is -0.192. The first-order valence-corrected chi connectivity index (χ1v) is 5.80. The van der Waals surface area contributed by atoms with E-state index >= 15 is 0 Å². The molecule has 2 aromatic rings. The second kappa shape index (κ2) is 4.70. The highest BCUT2D eigenvalue weighted by molar-refractivity contribution is 5.20. The monoisotopic (exact) mass is 226 g/mol. The largest absolute Gasteiger partial charge is 0.345 e. The summed E-state index contributed by atoms with van der Waals surface area (Å²) in [5.74, 6) is 0. The molecule has 0 aromatic heterocycles. The van der Waals surface area contributed by atoms with Gasteiger partial charge in [-0.2, -0.15) is 0 Å². The molecule has 0 bridgehead atoms. The second-order valence-corrected chi connectivity index (χ2v) is 4.11. The molecule has 17 heavy (non-hydrogen) atoms. The summed E-state index contributed by atoms with van der Waals surface area (Å²) in [5.41, 5.74) is 2.25. The van der Waals surface area contributed by atoms with Gasteiger partial charge in [0.05, 0.1) is 6.61 Å². The second-order valence-electron chi connectivity index (χ2n) is 4.11. The first-order valence-electron chi connectivity index (χ1n) is 5.80. The zero-order valence-electron chi connectivity index (χ0n) is 9.45. The molecule has 2 heteroatoms. The molecule has 1 aliphatic heterocycles. The van der Waals surface area contributed by atoms with Crippen molar-refractivity contribution < 1.29 is 9.47 Å². The van der Waals surface area contributed by atoms with E-state index in [1.54, 1.807) is 0 Å². The molecule has 2 nitrogen and oxygen atoms in total. The molecule has 0 spiro atoms. The Bertz CT molecular complexity index is 421. The molecule has 0 amide bonds. The average Bonchev–Trinajstić information content (AvgIpc) is 2.90. The van der Waals surface area contributed by atoms with Gasteiger partial charge in [-0.3, -0.25) is 0 Å². The van der Waals surface area contributed by atoms with Crippen LogP contribution in [-0.2, 0) is 9.47 Å². The fourth-order valence-electron chi connectivity index (χ4n) is 2.03. The molecule has 2 aromatic carbocycles. The lowest BCUT2D eigenvalue weighted by molar-refractivity contribution is -0.0607. The van der Waals surface area contributed by atoms with Gasteiger partial charge < -0.3 is 9.47 Å². The molecule has 0 aliphatic carbocycles. The van der Waals surface area contributed by atoms with Gasteiger partial charge in [0.15, 0.2) is 6.29 Å². The molecule has 1 saturated heterocycles. The molecular weight excluding hydrogens is 212 g/mol. The Balaban J connectivity index is 1.75. The Labute approximate surface area is 101 Å². The van der Waals surface area contributed by atoms with Crippen molar-refractivity contribution in [2.45, 2.75) is 12.4 Å². The van der Waals surface area contributed by atoms with Crippen LogP contribution in [0.25, 0.3) is 0 Å². The highest BCUT2D eigenvalue weighted by atomic mass is 16.7. The van der Waals surface area contributed by atoms with E-state index in [1.165, 1.54) is 5.56 Å². The summed E-state index contributed by atoms with van der Waals surface area (Å²) in [6, 6.07) is 20.2. The summed E-state index contributed by atoms with van der Waals surface area (Å²) in [5, 5.41) is 0. The standard InChI is InChI=1S/C15H14O2/c1-3-7-12(8-4-1)14-11-16-15(17-14)13-9-5-2-6-10-13/h1-10,14-15H,11H2/t14-,15?/m1/s1. The Hall–Kier alpha value is -1.64. The predicted molar refractivity (Wildman–Crippen MR) is 65.4 cm³/mol. The molecule has 0 saturated carbocycles. The topological polar surface area (TPSA) is 18.5 Å². The molecule has 1 heterocycles. The average molecular weight is 226 g/mol. The molecule has 1 fully saturated rings. The van der Waals surface area contributed by atoms with E-state index in [0.717, 1.165) is 5.56 Å². The molecule has 0 N–H and O–H groups in total. The van der Waals surface area contributed by atoms with Gasteiger partial charge >= 0.3 is 0 Å². The normalized spacial score (nSPS) is 23.8. The van der Waals surface area contributed by atoms with Crippen LogP contribution in [-0.4, -0.2) is 6.61 Å². The lowest BCUT2D eigenvalue weighted by Crippen LogP contribution is -2.00. The lowest BCUT2D eigenvalue weighted by Gasteiger charge is -2.11. The summed E-state index contributed by atoms with van der Waals surface area (Å²) in [6.45, 7) is 0.615.